The van der Waals surface area contributed by atoms with Crippen LogP contribution in [0.5, 0.6) is 0 Å². The number of carbonyl (C=O) groups excluding carboxylic acids is 2. The molecule has 0 aliphatic carbocycles. The Hall–Kier alpha value is -5.38. The number of nitrogens with one attached hydrogen (secondary N) is 2. The van der Waals surface area contributed by atoms with Gasteiger partial charge in [-0.25, -0.2) is 27.7 Å². The number of hydrogen-bond donors (Lipinski definition) is 2. The number of nitrogens with zero attached hydrogens (tertiary/aromatic N) is 4. The van der Waals surface area contributed by atoms with Crippen molar-refractivity contribution in [1.29, 1.82) is 0 Å². The van der Waals surface area contributed by atoms with Crippen molar-refractivity contribution in [3.8, 4) is 0 Å². The van der Waals surface area contributed by atoms with E-state index in [0.717, 1.165) is 11.1 Å². The maximum Gasteiger partial charge on any atom is 3.00 e. The number of halogens is 1. The number of hydrazone groups is 2. The van der Waals surface area contributed by atoms with E-state index in [9.17, 15) is 26.4 Å². The maximum atomic E-state index is 12.6. The van der Waals surface area contributed by atoms with Crippen molar-refractivity contribution >= 4 is 55.7 Å². The number of sulfonamides is 2. The van der Waals surface area contributed by atoms with Gasteiger partial charge in [-0.3, -0.25) is 9.59 Å². The van der Waals surface area contributed by atoms with Crippen molar-refractivity contribution < 1.29 is 75.7 Å². The normalized spacial score (nSPS) is 10.9. The smallest absolute Gasteiger partial charge is 1.00 e. The van der Waals surface area contributed by atoms with E-state index in [2.05, 4.69) is 30.5 Å². The van der Waals surface area contributed by atoms with Crippen LogP contribution in [0.4, 0.5) is 11.4 Å². The Bertz CT molecular complexity index is 2380. The Morgan fingerprint density at radius 1 is 0.483 bits per heavy atom. The molecule has 0 heterocycles. The minimum absolute atomic E-state index is 0. The Morgan fingerprint density at radius 3 is 1.14 bits per heavy atom. The summed E-state index contributed by atoms with van der Waals surface area (Å²) in [6.45, 7) is 3.76. The van der Waals surface area contributed by atoms with Gasteiger partial charge in [0.15, 0.2) is 0 Å². The summed E-state index contributed by atoms with van der Waals surface area (Å²) in [6.07, 6.45) is 2.73. The van der Waals surface area contributed by atoms with Crippen LogP contribution in [0.3, 0.4) is 0 Å². The third kappa shape index (κ3) is 13.9. The molecule has 12 nitrogen and oxygen atoms in total. The molecule has 0 fully saturated rings. The zero-order valence-corrected chi connectivity index (χ0v) is 34.9. The molecule has 16 heteroatoms. The fourth-order valence-electron chi connectivity index (χ4n) is 4.77. The largest absolute Gasteiger partial charge is 3.00 e. The summed E-state index contributed by atoms with van der Waals surface area (Å²) in [4.78, 5) is 24.3. The molecule has 2 amide bonds. The first kappa shape index (κ1) is 47.0. The first-order valence-electron chi connectivity index (χ1n) is 17.0. The average molecular weight is 995 g/mol. The van der Waals surface area contributed by atoms with Gasteiger partial charge in [0.05, 0.1) is 22.2 Å². The fraction of sp³-hybridized carbons (Fsp3) is 0.0476. The van der Waals surface area contributed by atoms with Crippen molar-refractivity contribution in [3.05, 3.63) is 201 Å². The number of aryl methyl sites for hydroxylation is 2. The molecule has 6 rings (SSSR count). The second-order valence-corrected chi connectivity index (χ2v) is 15.2. The first-order chi connectivity index (χ1) is 26.9. The summed E-state index contributed by atoms with van der Waals surface area (Å²) in [5.41, 5.74) is 9.09. The molecule has 0 aromatic heterocycles. The summed E-state index contributed by atoms with van der Waals surface area (Å²) < 4.78 is 58.0. The van der Waals surface area contributed by atoms with Crippen LogP contribution in [0, 0.1) is 50.7 Å². The zero-order valence-electron chi connectivity index (χ0n) is 30.9. The molecule has 0 unspecified atom stereocenters. The average Bonchev–Trinajstić information content (AvgIpc) is 3.20. The van der Waals surface area contributed by atoms with Crippen LogP contribution in [-0.4, -0.2) is 41.1 Å². The van der Waals surface area contributed by atoms with Crippen molar-refractivity contribution in [3.63, 3.8) is 0 Å². The van der Waals surface area contributed by atoms with E-state index < -0.39 is 20.0 Å². The number of benzene rings is 6. The van der Waals surface area contributed by atoms with Gasteiger partial charge in [-0.1, -0.05) is 120 Å². The topological polar surface area (TPSA) is 179 Å². The molecule has 0 aliphatic heterocycles. The van der Waals surface area contributed by atoms with Crippen molar-refractivity contribution in [2.45, 2.75) is 23.6 Å². The summed E-state index contributed by atoms with van der Waals surface area (Å²) in [5, 5.41) is 7.83. The Balaban J connectivity index is 0.000000300. The van der Waals surface area contributed by atoms with Crippen LogP contribution in [-0.2, 0) is 20.0 Å². The quantitative estimate of drug-likeness (QED) is 0.124. The Kier molecular flexibility index (Phi) is 18.3. The molecule has 0 bridgehead atoms. The monoisotopic (exact) mass is 994 g/mol. The van der Waals surface area contributed by atoms with Crippen LogP contribution in [0.15, 0.2) is 178 Å². The van der Waals surface area contributed by atoms with Crippen molar-refractivity contribution in [2.24, 2.45) is 10.2 Å². The molecule has 304 valence electrons. The molecule has 6 aromatic rings. The summed E-state index contributed by atoms with van der Waals surface area (Å²) in [5.74, 6) is -0.725. The second-order valence-electron chi connectivity index (χ2n) is 12.0. The Labute approximate surface area is 373 Å². The van der Waals surface area contributed by atoms with Crippen LogP contribution >= 0.6 is 0 Å². The maximum absolute atomic E-state index is 12.6. The summed E-state index contributed by atoms with van der Waals surface area (Å²) in [6, 6.07) is 43.6. The molecule has 0 atom stereocenters. The van der Waals surface area contributed by atoms with Gasteiger partial charge in [-0.05, 0) is 73.5 Å². The van der Waals surface area contributed by atoms with E-state index in [1.165, 1.54) is 36.7 Å². The van der Waals surface area contributed by atoms with Crippen LogP contribution < -0.4 is 23.3 Å². The van der Waals surface area contributed by atoms with E-state index in [1.54, 1.807) is 121 Å². The number of hydrogen-bond acceptors (Lipinski definition) is 8. The predicted molar refractivity (Wildman–Crippen MR) is 219 cm³/mol. The van der Waals surface area contributed by atoms with E-state index in [1.807, 2.05) is 26.0 Å². The van der Waals surface area contributed by atoms with E-state index in [4.69, 9.17) is 0 Å². The molecule has 0 saturated heterocycles. The van der Waals surface area contributed by atoms with Gasteiger partial charge in [0, 0.05) is 11.1 Å². The first-order valence-corrected chi connectivity index (χ1v) is 19.8. The van der Waals surface area contributed by atoms with Gasteiger partial charge >= 0.3 is 36.9 Å². The predicted octanol–water partition coefficient (Wildman–Crippen LogP) is 5.31. The van der Waals surface area contributed by atoms with Crippen LogP contribution in [0.25, 0.3) is 9.44 Å². The minimum Gasteiger partial charge on any atom is -1.00 e. The number of rotatable bonds is 12. The standard InChI is InChI=1S/2C21H19N3O3S.ClH.Lu/c2*1-16-11-13-19(14-12-16)28(26,27)24-20-10-6-5-9-18(20)15-22-23-21(25)17-7-3-2-4-8-17;;/h2*2-15H,1H3,(H2,22,23,24,25);1H;/q;;;+3/p-3. The number of carbonyl (C=O) groups is 2. The molecule has 0 saturated carbocycles. The molecule has 6 aromatic carbocycles. The van der Waals surface area contributed by atoms with Gasteiger partial charge in [-0.2, -0.15) is 10.2 Å². The molecular weight excluding hydrogens is 959 g/mol. The van der Waals surface area contributed by atoms with Crippen LogP contribution in [0.2, 0.25) is 0 Å². The van der Waals surface area contributed by atoms with Gasteiger partial charge in [0.25, 0.3) is 11.8 Å². The van der Waals surface area contributed by atoms with Gasteiger partial charge < -0.3 is 21.9 Å². The van der Waals surface area contributed by atoms with Gasteiger partial charge in [0.2, 0.25) is 0 Å². The summed E-state index contributed by atoms with van der Waals surface area (Å²) in [7, 11) is -7.72. The number of amides is 2. The van der Waals surface area contributed by atoms with E-state index >= 15 is 0 Å². The third-order valence-corrected chi connectivity index (χ3v) is 10.4. The second kappa shape index (κ2) is 22.5. The SMILES string of the molecule is Cc1ccc(S(=O)(=O)[N-]c2ccccc2/C=N/NC(=O)c2ccccc2)cc1.Cc1ccc(S(=O)(=O)[N-]c2ccccc2/C=N/NC(=O)c2ccccc2)cc1.[Cl-].[Lu+3]. The summed E-state index contributed by atoms with van der Waals surface area (Å²) >= 11 is 0. The molecule has 58 heavy (non-hydrogen) atoms. The molecule has 0 aliphatic rings. The molecule has 0 spiro atoms. The molecule has 0 radical (unpaired) electrons. The van der Waals surface area contributed by atoms with Gasteiger partial charge in [0.1, 0.15) is 20.0 Å². The Morgan fingerprint density at radius 2 is 0.793 bits per heavy atom. The molecular formula is C42H36ClLuN6O6S2. The van der Waals surface area contributed by atoms with E-state index in [-0.39, 0.29) is 82.3 Å². The van der Waals surface area contributed by atoms with Crippen LogP contribution in [0.1, 0.15) is 43.0 Å². The van der Waals surface area contributed by atoms with E-state index in [0.29, 0.717) is 22.3 Å². The molecule has 2 N–H and O–H groups in total. The minimum atomic E-state index is -3.86. The van der Waals surface area contributed by atoms with Gasteiger partial charge in [-0.15, -0.1) is 11.4 Å². The fourth-order valence-corrected chi connectivity index (χ4v) is 6.79. The zero-order chi connectivity index (χ0) is 40.0. The van der Waals surface area contributed by atoms with Crippen molar-refractivity contribution in [2.75, 3.05) is 0 Å². The van der Waals surface area contributed by atoms with Crippen molar-refractivity contribution in [1.82, 2.24) is 10.9 Å². The third-order valence-electron chi connectivity index (χ3n) is 7.76.